The van der Waals surface area contributed by atoms with Crippen molar-refractivity contribution in [1.29, 1.82) is 0 Å². The van der Waals surface area contributed by atoms with E-state index in [0.29, 0.717) is 5.92 Å². The van der Waals surface area contributed by atoms with E-state index in [4.69, 9.17) is 4.74 Å². The number of ether oxygens (including phenoxy) is 1. The first kappa shape index (κ1) is 19.2. The third-order valence-electron chi connectivity index (χ3n) is 5.07. The number of benzene rings is 2. The fourth-order valence-electron chi connectivity index (χ4n) is 3.62. The maximum Gasteiger partial charge on any atom is 0.310 e. The fourth-order valence-corrected chi connectivity index (χ4v) is 3.62. The molecule has 1 amide bonds. The van der Waals surface area contributed by atoms with Crippen LogP contribution in [0.15, 0.2) is 36.4 Å². The normalized spacial score (nSPS) is 12.7. The maximum absolute atomic E-state index is 12.3. The first-order chi connectivity index (χ1) is 12.9. The van der Waals surface area contributed by atoms with Crippen LogP contribution in [0.2, 0.25) is 0 Å². The molecular formula is C23H27NO3. The van der Waals surface area contributed by atoms with Gasteiger partial charge in [0.25, 0.3) is 5.91 Å². The maximum atomic E-state index is 12.3. The van der Waals surface area contributed by atoms with Gasteiger partial charge < -0.3 is 10.1 Å². The SMILES string of the molecule is Cc1cccc(C(C)C)c1NC(=O)COC(=O)Cc1ccc2c(c1)CCC2. The van der Waals surface area contributed by atoms with E-state index >= 15 is 0 Å². The topological polar surface area (TPSA) is 55.4 Å². The van der Waals surface area contributed by atoms with Gasteiger partial charge in [-0.1, -0.05) is 50.2 Å². The predicted octanol–water partition coefficient (Wildman–Crippen LogP) is 4.33. The average molecular weight is 365 g/mol. The summed E-state index contributed by atoms with van der Waals surface area (Å²) in [5, 5.41) is 2.90. The van der Waals surface area contributed by atoms with E-state index in [2.05, 4.69) is 31.3 Å². The van der Waals surface area contributed by atoms with E-state index in [1.165, 1.54) is 17.5 Å². The third kappa shape index (κ3) is 4.76. The number of rotatable bonds is 6. The zero-order chi connectivity index (χ0) is 19.4. The smallest absolute Gasteiger partial charge is 0.310 e. The van der Waals surface area contributed by atoms with E-state index < -0.39 is 0 Å². The Hall–Kier alpha value is -2.62. The van der Waals surface area contributed by atoms with Crippen LogP contribution in [0.5, 0.6) is 0 Å². The molecule has 0 fully saturated rings. The van der Waals surface area contributed by atoms with Crippen molar-refractivity contribution in [3.8, 4) is 0 Å². The molecule has 3 rings (SSSR count). The summed E-state index contributed by atoms with van der Waals surface area (Å²) in [5.41, 5.74) is 6.55. The monoisotopic (exact) mass is 365 g/mol. The van der Waals surface area contributed by atoms with Crippen molar-refractivity contribution in [1.82, 2.24) is 0 Å². The van der Waals surface area contributed by atoms with Gasteiger partial charge in [-0.15, -0.1) is 0 Å². The molecule has 0 heterocycles. The summed E-state index contributed by atoms with van der Waals surface area (Å²) in [4.78, 5) is 24.4. The summed E-state index contributed by atoms with van der Waals surface area (Å²) in [7, 11) is 0. The minimum absolute atomic E-state index is 0.197. The molecule has 0 aromatic heterocycles. The van der Waals surface area contributed by atoms with E-state index in [1.54, 1.807) is 0 Å². The summed E-state index contributed by atoms with van der Waals surface area (Å²) in [5.74, 6) is -0.395. The van der Waals surface area contributed by atoms with Crippen molar-refractivity contribution >= 4 is 17.6 Å². The number of esters is 1. The lowest BCUT2D eigenvalue weighted by Gasteiger charge is -2.16. The van der Waals surface area contributed by atoms with Gasteiger partial charge in [0.05, 0.1) is 6.42 Å². The molecule has 0 spiro atoms. The molecule has 1 aliphatic rings. The van der Waals surface area contributed by atoms with Crippen molar-refractivity contribution in [3.63, 3.8) is 0 Å². The van der Waals surface area contributed by atoms with Crippen molar-refractivity contribution < 1.29 is 14.3 Å². The second kappa shape index (κ2) is 8.38. The molecule has 0 aliphatic heterocycles. The van der Waals surface area contributed by atoms with E-state index in [1.807, 2.05) is 31.2 Å². The molecule has 2 aromatic rings. The van der Waals surface area contributed by atoms with Crippen LogP contribution in [0, 0.1) is 6.92 Å². The number of nitrogens with one attached hydrogen (secondary N) is 1. The molecule has 4 nitrogen and oxygen atoms in total. The second-order valence-electron chi connectivity index (χ2n) is 7.54. The lowest BCUT2D eigenvalue weighted by Crippen LogP contribution is -2.23. The number of hydrogen-bond donors (Lipinski definition) is 1. The minimum Gasteiger partial charge on any atom is -0.455 e. The molecular weight excluding hydrogens is 338 g/mol. The first-order valence-corrected chi connectivity index (χ1v) is 9.59. The van der Waals surface area contributed by atoms with Gasteiger partial charge >= 0.3 is 5.97 Å². The Balaban J connectivity index is 1.54. The summed E-state index contributed by atoms with van der Waals surface area (Å²) in [6, 6.07) is 12.1. The number of anilines is 1. The van der Waals surface area contributed by atoms with Gasteiger partial charge in [0.15, 0.2) is 6.61 Å². The molecule has 0 bridgehead atoms. The van der Waals surface area contributed by atoms with Gasteiger partial charge in [-0.25, -0.2) is 0 Å². The number of amides is 1. The van der Waals surface area contributed by atoms with Crippen LogP contribution in [0.25, 0.3) is 0 Å². The number of hydrogen-bond acceptors (Lipinski definition) is 3. The molecule has 0 unspecified atom stereocenters. The number of carbonyl (C=O) groups is 2. The second-order valence-corrected chi connectivity index (χ2v) is 7.54. The van der Waals surface area contributed by atoms with Crippen LogP contribution in [0.4, 0.5) is 5.69 Å². The number of para-hydroxylation sites is 1. The lowest BCUT2D eigenvalue weighted by molar-refractivity contribution is -0.146. The summed E-state index contributed by atoms with van der Waals surface area (Å²) < 4.78 is 5.19. The summed E-state index contributed by atoms with van der Waals surface area (Å²) >= 11 is 0. The predicted molar refractivity (Wildman–Crippen MR) is 107 cm³/mol. The quantitative estimate of drug-likeness (QED) is 0.775. The van der Waals surface area contributed by atoms with Crippen molar-refractivity contribution in [2.24, 2.45) is 0 Å². The van der Waals surface area contributed by atoms with Gasteiger partial charge in [-0.05, 0) is 59.9 Å². The van der Waals surface area contributed by atoms with Crippen LogP contribution < -0.4 is 5.32 Å². The molecule has 0 saturated heterocycles. The van der Waals surface area contributed by atoms with Gasteiger partial charge in [-0.2, -0.15) is 0 Å². The highest BCUT2D eigenvalue weighted by Gasteiger charge is 2.15. The minimum atomic E-state index is -0.378. The lowest BCUT2D eigenvalue weighted by atomic mass is 9.98. The molecule has 2 aromatic carbocycles. The summed E-state index contributed by atoms with van der Waals surface area (Å²) in [6.07, 6.45) is 3.58. The zero-order valence-corrected chi connectivity index (χ0v) is 16.3. The Labute approximate surface area is 160 Å². The van der Waals surface area contributed by atoms with E-state index in [0.717, 1.165) is 35.2 Å². The Bertz CT molecular complexity index is 855. The molecule has 27 heavy (non-hydrogen) atoms. The van der Waals surface area contributed by atoms with Crippen LogP contribution in [-0.2, 0) is 33.6 Å². The fraction of sp³-hybridized carbons (Fsp3) is 0.391. The first-order valence-electron chi connectivity index (χ1n) is 9.59. The van der Waals surface area contributed by atoms with E-state index in [9.17, 15) is 9.59 Å². The van der Waals surface area contributed by atoms with Crippen LogP contribution in [-0.4, -0.2) is 18.5 Å². The highest BCUT2D eigenvalue weighted by molar-refractivity contribution is 5.94. The molecule has 4 heteroatoms. The Kier molecular flexibility index (Phi) is 5.94. The third-order valence-corrected chi connectivity index (χ3v) is 5.07. The van der Waals surface area contributed by atoms with Crippen molar-refractivity contribution in [2.45, 2.75) is 52.4 Å². The number of aryl methyl sites for hydroxylation is 3. The van der Waals surface area contributed by atoms with Crippen LogP contribution in [0.3, 0.4) is 0 Å². The molecule has 0 radical (unpaired) electrons. The van der Waals surface area contributed by atoms with Gasteiger partial charge in [0, 0.05) is 5.69 Å². The number of fused-ring (bicyclic) bond motifs is 1. The van der Waals surface area contributed by atoms with Gasteiger partial charge in [-0.3, -0.25) is 9.59 Å². The van der Waals surface area contributed by atoms with Crippen LogP contribution in [0.1, 0.15) is 54.0 Å². The van der Waals surface area contributed by atoms with E-state index in [-0.39, 0.29) is 24.9 Å². The Morgan fingerprint density at radius 2 is 1.89 bits per heavy atom. The standard InChI is InChI=1S/C23H27NO3/c1-15(2)20-9-4-6-16(3)23(20)24-21(25)14-27-22(26)13-17-10-11-18-7-5-8-19(18)12-17/h4,6,9-12,15H,5,7-8,13-14H2,1-3H3,(H,24,25). The molecule has 1 aliphatic carbocycles. The van der Waals surface area contributed by atoms with Gasteiger partial charge in [0.1, 0.15) is 0 Å². The highest BCUT2D eigenvalue weighted by atomic mass is 16.5. The molecule has 0 atom stereocenters. The van der Waals surface area contributed by atoms with Crippen LogP contribution >= 0.6 is 0 Å². The molecule has 0 saturated carbocycles. The number of carbonyl (C=O) groups excluding carboxylic acids is 2. The zero-order valence-electron chi connectivity index (χ0n) is 16.3. The average Bonchev–Trinajstić information content (AvgIpc) is 3.09. The van der Waals surface area contributed by atoms with Gasteiger partial charge in [0.2, 0.25) is 0 Å². The highest BCUT2D eigenvalue weighted by Crippen LogP contribution is 2.27. The van der Waals surface area contributed by atoms with Crippen molar-refractivity contribution in [2.75, 3.05) is 11.9 Å². The Morgan fingerprint density at radius 3 is 2.67 bits per heavy atom. The molecule has 1 N–H and O–H groups in total. The van der Waals surface area contributed by atoms with Crippen molar-refractivity contribution in [3.05, 3.63) is 64.2 Å². The molecule has 142 valence electrons. The largest absolute Gasteiger partial charge is 0.455 e. The Morgan fingerprint density at radius 1 is 1.11 bits per heavy atom. The summed E-state index contributed by atoms with van der Waals surface area (Å²) in [6.45, 7) is 5.86.